The molecule has 4 nitrogen and oxygen atoms in total. The number of alkyl halides is 2. The van der Waals surface area contributed by atoms with Crippen molar-refractivity contribution in [2.24, 2.45) is 5.92 Å². The van der Waals surface area contributed by atoms with Crippen LogP contribution in [0.3, 0.4) is 0 Å². The summed E-state index contributed by atoms with van der Waals surface area (Å²) in [5.74, 6) is 1.25. The minimum absolute atomic E-state index is 0.0392. The Labute approximate surface area is 140 Å². The van der Waals surface area contributed by atoms with E-state index in [4.69, 9.17) is 32.7 Å². The van der Waals surface area contributed by atoms with Crippen LogP contribution in [0, 0.1) is 5.92 Å². The highest BCUT2D eigenvalue weighted by Gasteiger charge is 2.58. The summed E-state index contributed by atoms with van der Waals surface area (Å²) in [6.45, 7) is 0.490. The number of benzene rings is 1. The molecule has 1 atom stereocenters. The van der Waals surface area contributed by atoms with E-state index in [1.165, 1.54) is 0 Å². The van der Waals surface area contributed by atoms with Crippen molar-refractivity contribution in [1.82, 2.24) is 4.90 Å². The number of carbonyl (C=O) groups excluding carboxylic acids is 1. The van der Waals surface area contributed by atoms with Crippen LogP contribution in [0.15, 0.2) is 18.2 Å². The highest BCUT2D eigenvalue weighted by atomic mass is 35.5. The number of rotatable bonds is 6. The Bertz CT molecular complexity index is 587. The Hall–Kier alpha value is -1.13. The van der Waals surface area contributed by atoms with Gasteiger partial charge in [-0.3, -0.25) is 4.79 Å². The average molecular weight is 344 g/mol. The molecule has 1 aromatic carbocycles. The van der Waals surface area contributed by atoms with E-state index in [1.54, 1.807) is 14.2 Å². The molecule has 1 unspecified atom stereocenters. The van der Waals surface area contributed by atoms with Gasteiger partial charge in [-0.25, -0.2) is 0 Å². The third kappa shape index (κ3) is 3.13. The molecule has 2 aliphatic carbocycles. The first-order valence-corrected chi connectivity index (χ1v) is 8.11. The molecule has 6 heteroatoms. The molecule has 120 valence electrons. The van der Waals surface area contributed by atoms with Crippen LogP contribution >= 0.6 is 23.2 Å². The fourth-order valence-corrected chi connectivity index (χ4v) is 3.14. The summed E-state index contributed by atoms with van der Waals surface area (Å²) < 4.78 is 9.77. The van der Waals surface area contributed by atoms with Gasteiger partial charge in [0.1, 0.15) is 15.8 Å². The van der Waals surface area contributed by atoms with Crippen molar-refractivity contribution in [3.8, 4) is 11.5 Å². The van der Waals surface area contributed by atoms with Gasteiger partial charge in [-0.2, -0.15) is 0 Å². The maximum Gasteiger partial charge on any atom is 0.229 e. The molecule has 0 radical (unpaired) electrons. The SMILES string of the molecule is COc1ccc(OC)c(CN(C(=O)C2CC2(Cl)Cl)C2CC2)c1. The van der Waals surface area contributed by atoms with Crippen LogP contribution in [0.25, 0.3) is 0 Å². The van der Waals surface area contributed by atoms with Gasteiger partial charge in [0.25, 0.3) is 0 Å². The molecule has 3 rings (SSSR count). The maximum absolute atomic E-state index is 12.6. The lowest BCUT2D eigenvalue weighted by molar-refractivity contribution is -0.133. The predicted molar refractivity (Wildman–Crippen MR) is 85.7 cm³/mol. The summed E-state index contributed by atoms with van der Waals surface area (Å²) in [5, 5.41) is 0. The highest BCUT2D eigenvalue weighted by Crippen LogP contribution is 2.54. The van der Waals surface area contributed by atoms with E-state index < -0.39 is 4.33 Å². The van der Waals surface area contributed by atoms with Crippen molar-refractivity contribution in [1.29, 1.82) is 0 Å². The monoisotopic (exact) mass is 343 g/mol. The molecule has 0 spiro atoms. The van der Waals surface area contributed by atoms with Gasteiger partial charge in [-0.15, -0.1) is 23.2 Å². The zero-order valence-electron chi connectivity index (χ0n) is 12.6. The van der Waals surface area contributed by atoms with Gasteiger partial charge in [0.15, 0.2) is 0 Å². The minimum Gasteiger partial charge on any atom is -0.497 e. The Kier molecular flexibility index (Phi) is 4.17. The molecule has 1 amide bonds. The van der Waals surface area contributed by atoms with Crippen LogP contribution in [0.4, 0.5) is 0 Å². The van der Waals surface area contributed by atoms with Gasteiger partial charge < -0.3 is 14.4 Å². The third-order valence-corrected chi connectivity index (χ3v) is 5.06. The summed E-state index contributed by atoms with van der Waals surface area (Å²) in [6.07, 6.45) is 2.60. The van der Waals surface area contributed by atoms with E-state index in [2.05, 4.69) is 0 Å². The van der Waals surface area contributed by atoms with Crippen LogP contribution in [0.1, 0.15) is 24.8 Å². The van der Waals surface area contributed by atoms with Crippen molar-refractivity contribution in [3.63, 3.8) is 0 Å². The van der Waals surface area contributed by atoms with Crippen molar-refractivity contribution < 1.29 is 14.3 Å². The summed E-state index contributed by atoms with van der Waals surface area (Å²) in [4.78, 5) is 14.5. The van der Waals surface area contributed by atoms with Crippen molar-refractivity contribution in [3.05, 3.63) is 23.8 Å². The number of nitrogens with zero attached hydrogens (tertiary/aromatic N) is 1. The van der Waals surface area contributed by atoms with Crippen LogP contribution in [0.2, 0.25) is 0 Å². The highest BCUT2D eigenvalue weighted by molar-refractivity contribution is 6.52. The molecule has 22 heavy (non-hydrogen) atoms. The molecule has 1 aromatic rings. The second kappa shape index (κ2) is 5.82. The van der Waals surface area contributed by atoms with Gasteiger partial charge in [-0.05, 0) is 37.5 Å². The van der Waals surface area contributed by atoms with E-state index >= 15 is 0 Å². The van der Waals surface area contributed by atoms with E-state index in [0.717, 1.165) is 29.9 Å². The smallest absolute Gasteiger partial charge is 0.229 e. The number of hydrogen-bond donors (Lipinski definition) is 0. The Morgan fingerprint density at radius 1 is 1.32 bits per heavy atom. The molecule has 0 bridgehead atoms. The summed E-state index contributed by atoms with van der Waals surface area (Å²) in [6, 6.07) is 5.89. The lowest BCUT2D eigenvalue weighted by Crippen LogP contribution is -2.35. The Morgan fingerprint density at radius 3 is 2.50 bits per heavy atom. The molecule has 0 saturated heterocycles. The minimum atomic E-state index is -0.886. The van der Waals surface area contributed by atoms with Crippen LogP contribution in [-0.2, 0) is 11.3 Å². The molecule has 0 aromatic heterocycles. The summed E-state index contributed by atoms with van der Waals surface area (Å²) >= 11 is 12.1. The largest absolute Gasteiger partial charge is 0.497 e. The van der Waals surface area contributed by atoms with E-state index in [-0.39, 0.29) is 17.9 Å². The van der Waals surface area contributed by atoms with Crippen LogP contribution in [0.5, 0.6) is 11.5 Å². The van der Waals surface area contributed by atoms with Gasteiger partial charge in [-0.1, -0.05) is 0 Å². The first-order valence-electron chi connectivity index (χ1n) is 7.35. The topological polar surface area (TPSA) is 38.8 Å². The molecular weight excluding hydrogens is 325 g/mol. The lowest BCUT2D eigenvalue weighted by atomic mass is 10.1. The van der Waals surface area contributed by atoms with Gasteiger partial charge >= 0.3 is 0 Å². The normalized spacial score (nSPS) is 22.1. The van der Waals surface area contributed by atoms with E-state index in [0.29, 0.717) is 13.0 Å². The van der Waals surface area contributed by atoms with Gasteiger partial charge in [0, 0.05) is 18.2 Å². The lowest BCUT2D eigenvalue weighted by Gasteiger charge is -2.24. The summed E-state index contributed by atoms with van der Waals surface area (Å²) in [7, 11) is 3.24. The fourth-order valence-electron chi connectivity index (χ4n) is 2.64. The molecular formula is C16H19Cl2NO3. The van der Waals surface area contributed by atoms with Gasteiger partial charge in [0.05, 0.1) is 20.1 Å². The zero-order chi connectivity index (χ0) is 15.9. The predicted octanol–water partition coefficient (Wildman–Crippen LogP) is 3.39. The quantitative estimate of drug-likeness (QED) is 0.743. The molecule has 2 saturated carbocycles. The zero-order valence-corrected chi connectivity index (χ0v) is 14.2. The van der Waals surface area contributed by atoms with Crippen molar-refractivity contribution in [2.45, 2.75) is 36.2 Å². The number of methoxy groups -OCH3 is 2. The van der Waals surface area contributed by atoms with Gasteiger partial charge in [0.2, 0.25) is 5.91 Å². The fraction of sp³-hybridized carbons (Fsp3) is 0.562. The molecule has 0 aliphatic heterocycles. The second-order valence-electron chi connectivity index (χ2n) is 5.89. The maximum atomic E-state index is 12.6. The van der Waals surface area contributed by atoms with Crippen LogP contribution < -0.4 is 9.47 Å². The van der Waals surface area contributed by atoms with Crippen molar-refractivity contribution in [2.75, 3.05) is 14.2 Å². The second-order valence-corrected chi connectivity index (χ2v) is 7.44. The third-order valence-electron chi connectivity index (χ3n) is 4.22. The first-order chi connectivity index (χ1) is 10.5. The Morgan fingerprint density at radius 2 is 2.00 bits per heavy atom. The average Bonchev–Trinajstić information content (AvgIpc) is 3.41. The first kappa shape index (κ1) is 15.8. The summed E-state index contributed by atoms with van der Waals surface area (Å²) in [5.41, 5.74) is 0.928. The molecule has 2 aliphatic rings. The molecule has 0 heterocycles. The van der Waals surface area contributed by atoms with Crippen molar-refractivity contribution >= 4 is 29.1 Å². The molecule has 0 N–H and O–H groups in total. The standard InChI is InChI=1S/C16H19Cl2NO3/c1-21-12-5-6-14(22-2)10(7-12)9-19(11-3-4-11)15(20)13-8-16(13,17)18/h5-7,11,13H,3-4,8-9H2,1-2H3. The van der Waals surface area contributed by atoms with Crippen LogP contribution in [-0.4, -0.2) is 35.4 Å². The number of amides is 1. The van der Waals surface area contributed by atoms with E-state index in [9.17, 15) is 4.79 Å². The number of carbonyl (C=O) groups is 1. The van der Waals surface area contributed by atoms with E-state index in [1.807, 2.05) is 23.1 Å². The Balaban J connectivity index is 1.81. The number of halogens is 2. The number of hydrogen-bond acceptors (Lipinski definition) is 3. The molecule has 2 fully saturated rings. The number of ether oxygens (including phenoxy) is 2.